The van der Waals surface area contributed by atoms with Crippen molar-refractivity contribution in [3.63, 3.8) is 0 Å². The third-order valence-electron chi connectivity index (χ3n) is 3.94. The van der Waals surface area contributed by atoms with E-state index in [1.165, 1.54) is 17.7 Å². The van der Waals surface area contributed by atoms with E-state index in [4.69, 9.17) is 9.57 Å². The molecule has 1 aromatic carbocycles. The first-order chi connectivity index (χ1) is 9.70. The molecule has 0 unspecified atom stereocenters. The Hall–Kier alpha value is -1.39. The van der Waals surface area contributed by atoms with Gasteiger partial charge in [-0.2, -0.15) is 0 Å². The average molecular weight is 277 g/mol. The number of nitrogens with zero attached hydrogens (tertiary/aromatic N) is 1. The third kappa shape index (κ3) is 4.05. The van der Waals surface area contributed by atoms with Crippen molar-refractivity contribution in [3.05, 3.63) is 35.9 Å². The molecule has 0 heterocycles. The lowest BCUT2D eigenvalue weighted by Gasteiger charge is -2.29. The molecule has 0 radical (unpaired) electrons. The first kappa shape index (κ1) is 15.0. The average Bonchev–Trinajstić information content (AvgIpc) is 2.53. The Balaban J connectivity index is 1.73. The Morgan fingerprint density at radius 1 is 1.20 bits per heavy atom. The molecule has 0 saturated heterocycles. The summed E-state index contributed by atoms with van der Waals surface area (Å²) in [5.74, 6) is 0.158. The summed E-state index contributed by atoms with van der Waals surface area (Å²) in [6.07, 6.45) is 3.92. The van der Waals surface area contributed by atoms with Crippen LogP contribution in [0, 0.1) is 5.92 Å². The minimum absolute atomic E-state index is 0.0778. The van der Waals surface area contributed by atoms with E-state index in [2.05, 4.69) is 12.1 Å². The summed E-state index contributed by atoms with van der Waals surface area (Å²) in [6.45, 7) is 0.655. The molecule has 1 aliphatic rings. The van der Waals surface area contributed by atoms with Gasteiger partial charge in [-0.1, -0.05) is 30.3 Å². The number of hydrogen-bond donors (Lipinski definition) is 0. The summed E-state index contributed by atoms with van der Waals surface area (Å²) in [4.78, 5) is 16.9. The van der Waals surface area contributed by atoms with Crippen LogP contribution in [0.5, 0.6) is 0 Å². The predicted octanol–water partition coefficient (Wildman–Crippen LogP) is 2.78. The van der Waals surface area contributed by atoms with E-state index in [0.717, 1.165) is 25.7 Å². The smallest absolute Gasteiger partial charge is 0.248 e. The molecule has 20 heavy (non-hydrogen) atoms. The van der Waals surface area contributed by atoms with Gasteiger partial charge in [0, 0.05) is 13.0 Å². The highest BCUT2D eigenvalue weighted by atomic mass is 16.7. The van der Waals surface area contributed by atoms with E-state index in [1.807, 2.05) is 18.2 Å². The third-order valence-corrected chi connectivity index (χ3v) is 3.94. The molecule has 110 valence electrons. The van der Waals surface area contributed by atoms with Gasteiger partial charge in [0.1, 0.15) is 0 Å². The monoisotopic (exact) mass is 277 g/mol. The van der Waals surface area contributed by atoms with E-state index in [1.54, 1.807) is 7.05 Å². The molecule has 4 nitrogen and oxygen atoms in total. The lowest BCUT2D eigenvalue weighted by Crippen LogP contribution is -2.35. The zero-order chi connectivity index (χ0) is 14.4. The molecule has 4 heteroatoms. The molecule has 0 atom stereocenters. The van der Waals surface area contributed by atoms with Gasteiger partial charge in [0.05, 0.1) is 19.8 Å². The van der Waals surface area contributed by atoms with Crippen LogP contribution in [-0.4, -0.2) is 31.2 Å². The van der Waals surface area contributed by atoms with E-state index >= 15 is 0 Å². The van der Waals surface area contributed by atoms with E-state index in [9.17, 15) is 4.79 Å². The second-order valence-electron chi connectivity index (χ2n) is 5.29. The Labute approximate surface area is 120 Å². The fraction of sp³-hybridized carbons (Fsp3) is 0.562. The largest absolute Gasteiger partial charge is 0.374 e. The van der Waals surface area contributed by atoms with Crippen LogP contribution in [0.25, 0.3) is 0 Å². The first-order valence-corrected chi connectivity index (χ1v) is 7.18. The standard InChI is InChI=1S/C16H23NO3/c1-17(19-2)16(18)14-8-10-15(11-9-14)20-12-13-6-4-3-5-7-13/h3-7,14-15H,8-12H2,1-2H3/t14-,15-. The predicted molar refractivity (Wildman–Crippen MR) is 76.8 cm³/mol. The molecule has 0 N–H and O–H groups in total. The van der Waals surface area contributed by atoms with Gasteiger partial charge in [0.25, 0.3) is 0 Å². The second-order valence-corrected chi connectivity index (χ2v) is 5.29. The summed E-state index contributed by atoms with van der Waals surface area (Å²) in [5, 5.41) is 1.33. The molecule has 0 spiro atoms. The van der Waals surface area contributed by atoms with Crippen molar-refractivity contribution in [1.82, 2.24) is 5.06 Å². The molecule has 0 aromatic heterocycles. The van der Waals surface area contributed by atoms with Crippen LogP contribution in [-0.2, 0) is 21.0 Å². The fourth-order valence-electron chi connectivity index (χ4n) is 2.61. The summed E-state index contributed by atoms with van der Waals surface area (Å²) < 4.78 is 5.93. The van der Waals surface area contributed by atoms with Gasteiger partial charge in [-0.05, 0) is 31.2 Å². The van der Waals surface area contributed by atoms with Crippen LogP contribution in [0.15, 0.2) is 30.3 Å². The van der Waals surface area contributed by atoms with Crippen LogP contribution in [0.3, 0.4) is 0 Å². The van der Waals surface area contributed by atoms with E-state index in [0.29, 0.717) is 6.61 Å². The maximum absolute atomic E-state index is 12.0. The second kappa shape index (κ2) is 7.41. The first-order valence-electron chi connectivity index (χ1n) is 7.18. The molecule has 2 rings (SSSR count). The molecule has 0 aliphatic heterocycles. The Bertz CT molecular complexity index is 413. The van der Waals surface area contributed by atoms with Gasteiger partial charge in [0.15, 0.2) is 0 Å². The molecule has 1 fully saturated rings. The number of ether oxygens (including phenoxy) is 1. The molecule has 1 amide bonds. The van der Waals surface area contributed by atoms with Crippen molar-refractivity contribution in [2.45, 2.75) is 38.4 Å². The number of rotatable bonds is 5. The molecule has 1 aromatic rings. The SMILES string of the molecule is CON(C)C(=O)[C@H]1CC[C@H](OCc2ccccc2)CC1. The lowest BCUT2D eigenvalue weighted by molar-refractivity contribution is -0.175. The van der Waals surface area contributed by atoms with Crippen molar-refractivity contribution in [2.24, 2.45) is 5.92 Å². The number of carbonyl (C=O) groups excluding carboxylic acids is 1. The van der Waals surface area contributed by atoms with Gasteiger partial charge < -0.3 is 4.74 Å². The summed E-state index contributed by atoms with van der Waals surface area (Å²) >= 11 is 0. The van der Waals surface area contributed by atoms with Crippen molar-refractivity contribution in [3.8, 4) is 0 Å². The fourth-order valence-corrected chi connectivity index (χ4v) is 2.61. The number of benzene rings is 1. The van der Waals surface area contributed by atoms with E-state index in [-0.39, 0.29) is 17.9 Å². The zero-order valence-corrected chi connectivity index (χ0v) is 12.2. The highest BCUT2D eigenvalue weighted by molar-refractivity contribution is 5.77. The van der Waals surface area contributed by atoms with Gasteiger partial charge in [-0.25, -0.2) is 5.06 Å². The highest BCUT2D eigenvalue weighted by Crippen LogP contribution is 2.28. The van der Waals surface area contributed by atoms with Crippen LogP contribution >= 0.6 is 0 Å². The normalized spacial score (nSPS) is 22.5. The topological polar surface area (TPSA) is 38.8 Å². The minimum atomic E-state index is 0.0778. The molecular formula is C16H23NO3. The van der Waals surface area contributed by atoms with Crippen LogP contribution in [0.4, 0.5) is 0 Å². The molecule has 1 aliphatic carbocycles. The number of amides is 1. The van der Waals surface area contributed by atoms with Crippen LogP contribution in [0.1, 0.15) is 31.2 Å². The van der Waals surface area contributed by atoms with E-state index < -0.39 is 0 Å². The quantitative estimate of drug-likeness (QED) is 0.777. The van der Waals surface area contributed by atoms with Crippen LogP contribution < -0.4 is 0 Å². The lowest BCUT2D eigenvalue weighted by atomic mass is 9.86. The summed E-state index contributed by atoms with van der Waals surface area (Å²) in [6, 6.07) is 10.2. The van der Waals surface area contributed by atoms with Gasteiger partial charge in [-0.15, -0.1) is 0 Å². The Kier molecular flexibility index (Phi) is 5.56. The van der Waals surface area contributed by atoms with Crippen molar-refractivity contribution in [1.29, 1.82) is 0 Å². The van der Waals surface area contributed by atoms with Crippen LogP contribution in [0.2, 0.25) is 0 Å². The summed E-state index contributed by atoms with van der Waals surface area (Å²) in [5.41, 5.74) is 1.20. The number of hydroxylamine groups is 2. The minimum Gasteiger partial charge on any atom is -0.374 e. The maximum Gasteiger partial charge on any atom is 0.248 e. The number of hydrogen-bond acceptors (Lipinski definition) is 3. The van der Waals surface area contributed by atoms with Gasteiger partial charge in [0.2, 0.25) is 5.91 Å². The van der Waals surface area contributed by atoms with Gasteiger partial charge >= 0.3 is 0 Å². The van der Waals surface area contributed by atoms with Crippen molar-refractivity contribution >= 4 is 5.91 Å². The maximum atomic E-state index is 12.0. The molecule has 0 bridgehead atoms. The highest BCUT2D eigenvalue weighted by Gasteiger charge is 2.28. The zero-order valence-electron chi connectivity index (χ0n) is 12.2. The van der Waals surface area contributed by atoms with Crippen molar-refractivity contribution < 1.29 is 14.4 Å². The number of carbonyl (C=O) groups is 1. The van der Waals surface area contributed by atoms with Crippen molar-refractivity contribution in [2.75, 3.05) is 14.2 Å². The molecular weight excluding hydrogens is 254 g/mol. The Morgan fingerprint density at radius 3 is 2.45 bits per heavy atom. The van der Waals surface area contributed by atoms with Gasteiger partial charge in [-0.3, -0.25) is 9.63 Å². The molecule has 1 saturated carbocycles. The summed E-state index contributed by atoms with van der Waals surface area (Å²) in [7, 11) is 3.19. The Morgan fingerprint density at radius 2 is 1.85 bits per heavy atom.